The summed E-state index contributed by atoms with van der Waals surface area (Å²) in [4.78, 5) is 22.2. The van der Waals surface area contributed by atoms with Crippen LogP contribution in [0.4, 0.5) is 10.3 Å². The molecule has 3 heterocycles. The molecule has 5 aromatic rings. The van der Waals surface area contributed by atoms with Crippen LogP contribution in [0.15, 0.2) is 72.8 Å². The molecule has 3 aromatic carbocycles. The standard InChI is InChI=1S/C28H25FN6O/c1-19-7-2-3-8-22(19)25-31-32-26-23-9-4-5-10-24(23)30-28(35(25)26)34-16-6-15-33(17-18-34)27(36)20-11-13-21(29)14-12-20/h2-5,7-14H,6,15-18H2,1H3. The molecule has 0 bridgehead atoms. The summed E-state index contributed by atoms with van der Waals surface area (Å²) in [6.45, 7) is 4.57. The van der Waals surface area contributed by atoms with Gasteiger partial charge >= 0.3 is 0 Å². The molecule has 0 radical (unpaired) electrons. The number of amides is 1. The molecule has 180 valence electrons. The Hall–Kier alpha value is -4.33. The van der Waals surface area contributed by atoms with E-state index in [1.54, 1.807) is 12.1 Å². The summed E-state index contributed by atoms with van der Waals surface area (Å²) in [6.07, 6.45) is 0.782. The molecular weight excluding hydrogens is 455 g/mol. The Balaban J connectivity index is 1.41. The Morgan fingerprint density at radius 1 is 0.861 bits per heavy atom. The number of carbonyl (C=O) groups excluding carboxylic acids is 1. The van der Waals surface area contributed by atoms with Gasteiger partial charge in [-0.05, 0) is 55.3 Å². The Kier molecular flexibility index (Phi) is 5.56. The average Bonchev–Trinajstić information content (AvgIpc) is 3.19. The third-order valence-corrected chi connectivity index (χ3v) is 6.77. The second kappa shape index (κ2) is 9.03. The number of aryl methyl sites for hydroxylation is 1. The van der Waals surface area contributed by atoms with Gasteiger partial charge in [-0.15, -0.1) is 10.2 Å². The van der Waals surface area contributed by atoms with E-state index in [1.165, 1.54) is 12.1 Å². The number of benzene rings is 3. The third-order valence-electron chi connectivity index (χ3n) is 6.77. The Morgan fingerprint density at radius 2 is 1.64 bits per heavy atom. The summed E-state index contributed by atoms with van der Waals surface area (Å²) in [5.74, 6) is 1.08. The van der Waals surface area contributed by atoms with Crippen molar-refractivity contribution in [2.45, 2.75) is 13.3 Å². The van der Waals surface area contributed by atoms with Crippen LogP contribution in [-0.2, 0) is 0 Å². The minimum Gasteiger partial charge on any atom is -0.340 e. The van der Waals surface area contributed by atoms with Crippen LogP contribution in [0.25, 0.3) is 27.9 Å². The second-order valence-electron chi connectivity index (χ2n) is 9.07. The van der Waals surface area contributed by atoms with Gasteiger partial charge in [0.1, 0.15) is 5.82 Å². The van der Waals surface area contributed by atoms with Crippen molar-refractivity contribution in [1.29, 1.82) is 0 Å². The molecule has 0 N–H and O–H groups in total. The smallest absolute Gasteiger partial charge is 0.253 e. The van der Waals surface area contributed by atoms with E-state index in [0.29, 0.717) is 25.2 Å². The van der Waals surface area contributed by atoms with Crippen molar-refractivity contribution in [3.05, 3.63) is 89.7 Å². The van der Waals surface area contributed by atoms with E-state index in [2.05, 4.69) is 34.2 Å². The van der Waals surface area contributed by atoms with Crippen molar-refractivity contribution in [3.8, 4) is 11.4 Å². The van der Waals surface area contributed by atoms with Crippen LogP contribution in [0.5, 0.6) is 0 Å². The van der Waals surface area contributed by atoms with E-state index in [1.807, 2.05) is 45.7 Å². The summed E-state index contributed by atoms with van der Waals surface area (Å²) in [7, 11) is 0. The lowest BCUT2D eigenvalue weighted by molar-refractivity contribution is 0.0767. The summed E-state index contributed by atoms with van der Waals surface area (Å²) in [5, 5.41) is 10.1. The minimum atomic E-state index is -0.349. The Morgan fingerprint density at radius 3 is 2.47 bits per heavy atom. The number of aromatic nitrogens is 4. The van der Waals surface area contributed by atoms with Crippen LogP contribution >= 0.6 is 0 Å². The zero-order chi connectivity index (χ0) is 24.6. The predicted molar refractivity (Wildman–Crippen MR) is 138 cm³/mol. The number of para-hydroxylation sites is 1. The van der Waals surface area contributed by atoms with Crippen LogP contribution in [-0.4, -0.2) is 56.6 Å². The first-order valence-corrected chi connectivity index (χ1v) is 12.1. The molecular formula is C28H25FN6O. The highest BCUT2D eigenvalue weighted by Gasteiger charge is 2.25. The van der Waals surface area contributed by atoms with Gasteiger partial charge in [0, 0.05) is 42.7 Å². The third kappa shape index (κ3) is 3.84. The highest BCUT2D eigenvalue weighted by atomic mass is 19.1. The first-order valence-electron chi connectivity index (χ1n) is 12.1. The number of nitrogens with zero attached hydrogens (tertiary/aromatic N) is 6. The van der Waals surface area contributed by atoms with Gasteiger partial charge in [-0.1, -0.05) is 36.4 Å². The lowest BCUT2D eigenvalue weighted by atomic mass is 10.1. The molecule has 6 rings (SSSR count). The van der Waals surface area contributed by atoms with Crippen LogP contribution in [0.3, 0.4) is 0 Å². The van der Waals surface area contributed by atoms with Crippen molar-refractivity contribution in [2.24, 2.45) is 0 Å². The van der Waals surface area contributed by atoms with Crippen LogP contribution in [0.1, 0.15) is 22.3 Å². The maximum Gasteiger partial charge on any atom is 0.253 e. The van der Waals surface area contributed by atoms with E-state index >= 15 is 0 Å². The van der Waals surface area contributed by atoms with Gasteiger partial charge in [-0.3, -0.25) is 4.79 Å². The van der Waals surface area contributed by atoms with Gasteiger partial charge in [-0.2, -0.15) is 0 Å². The van der Waals surface area contributed by atoms with Crippen LogP contribution < -0.4 is 4.90 Å². The molecule has 7 nitrogen and oxygen atoms in total. The monoisotopic (exact) mass is 480 g/mol. The number of halogens is 1. The normalized spacial score (nSPS) is 14.4. The molecule has 0 saturated carbocycles. The summed E-state index contributed by atoms with van der Waals surface area (Å²) < 4.78 is 15.4. The summed E-state index contributed by atoms with van der Waals surface area (Å²) in [6, 6.07) is 21.8. The van der Waals surface area contributed by atoms with E-state index < -0.39 is 0 Å². The number of fused-ring (bicyclic) bond motifs is 3. The highest BCUT2D eigenvalue weighted by Crippen LogP contribution is 2.30. The maximum atomic E-state index is 13.3. The van der Waals surface area contributed by atoms with Gasteiger partial charge in [0.25, 0.3) is 5.91 Å². The zero-order valence-electron chi connectivity index (χ0n) is 19.9. The van der Waals surface area contributed by atoms with Crippen molar-refractivity contribution in [3.63, 3.8) is 0 Å². The number of rotatable bonds is 3. The number of hydrogen-bond donors (Lipinski definition) is 0. The molecule has 1 fully saturated rings. The van der Waals surface area contributed by atoms with Gasteiger partial charge in [0.05, 0.1) is 5.52 Å². The molecule has 1 saturated heterocycles. The van der Waals surface area contributed by atoms with E-state index in [-0.39, 0.29) is 11.7 Å². The molecule has 0 aliphatic carbocycles. The predicted octanol–water partition coefficient (Wildman–Crippen LogP) is 4.74. The van der Waals surface area contributed by atoms with Crippen molar-refractivity contribution < 1.29 is 9.18 Å². The molecule has 1 aliphatic heterocycles. The fourth-order valence-electron chi connectivity index (χ4n) is 4.87. The topological polar surface area (TPSA) is 66.6 Å². The summed E-state index contributed by atoms with van der Waals surface area (Å²) in [5.41, 5.74) is 4.23. The molecule has 36 heavy (non-hydrogen) atoms. The lowest BCUT2D eigenvalue weighted by Crippen LogP contribution is -2.36. The largest absolute Gasteiger partial charge is 0.340 e. The average molecular weight is 481 g/mol. The highest BCUT2D eigenvalue weighted by molar-refractivity contribution is 5.95. The number of hydrogen-bond acceptors (Lipinski definition) is 5. The zero-order valence-corrected chi connectivity index (χ0v) is 19.9. The summed E-state index contributed by atoms with van der Waals surface area (Å²) >= 11 is 0. The Bertz CT molecular complexity index is 1580. The van der Waals surface area contributed by atoms with Gasteiger partial charge in [0.15, 0.2) is 11.5 Å². The van der Waals surface area contributed by atoms with Gasteiger partial charge in [0.2, 0.25) is 5.95 Å². The first kappa shape index (κ1) is 22.2. The fraction of sp³-hybridized carbons (Fsp3) is 0.214. The Labute approximate surface area is 207 Å². The van der Waals surface area contributed by atoms with Crippen molar-refractivity contribution >= 4 is 28.4 Å². The van der Waals surface area contributed by atoms with Crippen LogP contribution in [0.2, 0.25) is 0 Å². The van der Waals surface area contributed by atoms with Crippen molar-refractivity contribution in [2.75, 3.05) is 31.1 Å². The molecule has 1 aliphatic rings. The molecule has 8 heteroatoms. The molecule has 0 spiro atoms. The lowest BCUT2D eigenvalue weighted by Gasteiger charge is -2.24. The minimum absolute atomic E-state index is 0.0848. The van der Waals surface area contributed by atoms with Crippen molar-refractivity contribution in [1.82, 2.24) is 24.5 Å². The van der Waals surface area contributed by atoms with Crippen LogP contribution in [0, 0.1) is 12.7 Å². The number of anilines is 1. The van der Waals surface area contributed by atoms with Gasteiger partial charge < -0.3 is 9.80 Å². The maximum absolute atomic E-state index is 13.3. The van der Waals surface area contributed by atoms with E-state index in [9.17, 15) is 9.18 Å². The quantitative estimate of drug-likeness (QED) is 0.373. The van der Waals surface area contributed by atoms with E-state index in [0.717, 1.165) is 52.4 Å². The molecule has 0 unspecified atom stereocenters. The van der Waals surface area contributed by atoms with E-state index in [4.69, 9.17) is 4.98 Å². The first-order chi connectivity index (χ1) is 17.6. The number of carbonyl (C=O) groups is 1. The van der Waals surface area contributed by atoms with Gasteiger partial charge in [-0.25, -0.2) is 13.8 Å². The SMILES string of the molecule is Cc1ccccc1-c1nnc2c3ccccc3nc(N3CCCN(C(=O)c4ccc(F)cc4)CC3)n12. The fourth-order valence-corrected chi connectivity index (χ4v) is 4.87. The molecule has 1 amide bonds. The molecule has 0 atom stereocenters. The molecule has 2 aromatic heterocycles. The second-order valence-corrected chi connectivity index (χ2v) is 9.07.